The van der Waals surface area contributed by atoms with E-state index in [0.29, 0.717) is 12.2 Å². The van der Waals surface area contributed by atoms with E-state index in [1.54, 1.807) is 0 Å². The van der Waals surface area contributed by atoms with Gasteiger partial charge in [0, 0.05) is 5.56 Å². The van der Waals surface area contributed by atoms with Gasteiger partial charge in [-0.3, -0.25) is 4.79 Å². The first-order valence-electron chi connectivity index (χ1n) is 8.83. The summed E-state index contributed by atoms with van der Waals surface area (Å²) in [7, 11) is 0. The van der Waals surface area contributed by atoms with Crippen LogP contribution in [0.15, 0.2) is 42.5 Å². The van der Waals surface area contributed by atoms with Crippen LogP contribution < -0.4 is 10.1 Å². The summed E-state index contributed by atoms with van der Waals surface area (Å²) in [6.45, 7) is 4.80. The van der Waals surface area contributed by atoms with Gasteiger partial charge in [-0.15, -0.1) is 0 Å². The molecule has 1 N–H and O–H groups in total. The van der Waals surface area contributed by atoms with Crippen molar-refractivity contribution in [2.75, 3.05) is 6.61 Å². The Hall–Kier alpha value is -2.29. The molecule has 0 saturated heterocycles. The van der Waals surface area contributed by atoms with Crippen LogP contribution in [-0.4, -0.2) is 12.5 Å². The quantitative estimate of drug-likeness (QED) is 0.852. The van der Waals surface area contributed by atoms with Crippen LogP contribution in [0.1, 0.15) is 59.8 Å². The maximum Gasteiger partial charge on any atom is 0.251 e. The highest BCUT2D eigenvalue weighted by molar-refractivity contribution is 5.94. The van der Waals surface area contributed by atoms with E-state index in [4.69, 9.17) is 4.74 Å². The molecule has 0 aromatic heterocycles. The van der Waals surface area contributed by atoms with Gasteiger partial charge in [-0.25, -0.2) is 0 Å². The summed E-state index contributed by atoms with van der Waals surface area (Å²) in [5, 5.41) is 3.09. The molecule has 0 unspecified atom stereocenters. The molecular formula is C21H25NO2. The number of hydrogen-bond acceptors (Lipinski definition) is 2. The number of fused-ring (bicyclic) bond motifs is 1. The van der Waals surface area contributed by atoms with Gasteiger partial charge in [-0.1, -0.05) is 25.1 Å². The molecule has 2 aromatic rings. The van der Waals surface area contributed by atoms with E-state index in [9.17, 15) is 4.79 Å². The van der Waals surface area contributed by atoms with Crippen LogP contribution >= 0.6 is 0 Å². The smallest absolute Gasteiger partial charge is 0.251 e. The molecule has 2 aromatic carbocycles. The minimum absolute atomic E-state index is 0.000539. The molecule has 0 fully saturated rings. The molecule has 0 spiro atoms. The molecule has 126 valence electrons. The van der Waals surface area contributed by atoms with Crippen LogP contribution in [0.2, 0.25) is 0 Å². The topological polar surface area (TPSA) is 38.3 Å². The lowest BCUT2D eigenvalue weighted by molar-refractivity contribution is 0.0940. The second kappa shape index (κ2) is 7.52. The number of carbonyl (C=O) groups excluding carboxylic acids is 1. The predicted molar refractivity (Wildman–Crippen MR) is 96.6 cm³/mol. The maximum absolute atomic E-state index is 12.4. The molecule has 1 aliphatic rings. The number of hydrogen-bond donors (Lipinski definition) is 1. The minimum Gasteiger partial charge on any atom is -0.494 e. The Bertz CT molecular complexity index is 706. The van der Waals surface area contributed by atoms with Gasteiger partial charge in [0.1, 0.15) is 5.75 Å². The normalized spacial score (nSPS) is 14.1. The molecule has 0 heterocycles. The summed E-state index contributed by atoms with van der Waals surface area (Å²) >= 11 is 0. The van der Waals surface area contributed by atoms with Crippen LogP contribution in [-0.2, 0) is 12.8 Å². The number of carbonyl (C=O) groups is 1. The van der Waals surface area contributed by atoms with E-state index >= 15 is 0 Å². The van der Waals surface area contributed by atoms with Crippen LogP contribution in [0, 0.1) is 0 Å². The minimum atomic E-state index is -0.0509. The number of benzene rings is 2. The molecule has 1 amide bonds. The fourth-order valence-corrected chi connectivity index (χ4v) is 3.15. The SMILES string of the molecule is CCCOc1ccc(C(=O)N[C@H](C)c2ccc3c(c2)CCC3)cc1. The van der Waals surface area contributed by atoms with Gasteiger partial charge in [-0.2, -0.15) is 0 Å². The third-order valence-electron chi connectivity index (χ3n) is 4.56. The maximum atomic E-state index is 12.4. The van der Waals surface area contributed by atoms with Gasteiger partial charge in [-0.05, 0) is 73.6 Å². The number of aryl methyl sites for hydroxylation is 2. The summed E-state index contributed by atoms with van der Waals surface area (Å²) in [6.07, 6.45) is 4.55. The van der Waals surface area contributed by atoms with Crippen molar-refractivity contribution < 1.29 is 9.53 Å². The number of ether oxygens (including phenoxy) is 1. The fourth-order valence-electron chi connectivity index (χ4n) is 3.15. The van der Waals surface area contributed by atoms with Crippen LogP contribution in [0.25, 0.3) is 0 Å². The van der Waals surface area contributed by atoms with Crippen LogP contribution in [0.3, 0.4) is 0 Å². The summed E-state index contributed by atoms with van der Waals surface area (Å²) in [5.74, 6) is 0.755. The molecule has 3 rings (SSSR count). The first kappa shape index (κ1) is 16.6. The molecule has 1 atom stereocenters. The monoisotopic (exact) mass is 323 g/mol. The van der Waals surface area contributed by atoms with Gasteiger partial charge >= 0.3 is 0 Å². The van der Waals surface area contributed by atoms with Crippen molar-refractivity contribution in [3.63, 3.8) is 0 Å². The molecule has 1 aliphatic carbocycles. The molecule has 24 heavy (non-hydrogen) atoms. The third-order valence-corrected chi connectivity index (χ3v) is 4.56. The zero-order valence-electron chi connectivity index (χ0n) is 14.5. The van der Waals surface area contributed by atoms with E-state index in [1.165, 1.54) is 29.5 Å². The Balaban J connectivity index is 1.63. The highest BCUT2D eigenvalue weighted by Crippen LogP contribution is 2.25. The van der Waals surface area contributed by atoms with Crippen molar-refractivity contribution in [3.05, 3.63) is 64.7 Å². The lowest BCUT2D eigenvalue weighted by Gasteiger charge is -2.16. The lowest BCUT2D eigenvalue weighted by Crippen LogP contribution is -2.26. The average Bonchev–Trinajstić information content (AvgIpc) is 3.08. The first-order valence-corrected chi connectivity index (χ1v) is 8.83. The van der Waals surface area contributed by atoms with Crippen molar-refractivity contribution in [2.24, 2.45) is 0 Å². The van der Waals surface area contributed by atoms with E-state index in [2.05, 4.69) is 30.4 Å². The predicted octanol–water partition coefficient (Wildman–Crippen LogP) is 4.46. The third kappa shape index (κ3) is 3.78. The van der Waals surface area contributed by atoms with Crippen molar-refractivity contribution in [2.45, 2.75) is 45.6 Å². The first-order chi connectivity index (χ1) is 11.7. The fraction of sp³-hybridized carbons (Fsp3) is 0.381. The average molecular weight is 323 g/mol. The summed E-state index contributed by atoms with van der Waals surface area (Å²) in [6, 6.07) is 13.9. The Morgan fingerprint density at radius 1 is 1.12 bits per heavy atom. The second-order valence-corrected chi connectivity index (χ2v) is 6.45. The van der Waals surface area contributed by atoms with Crippen molar-refractivity contribution in [3.8, 4) is 5.75 Å². The summed E-state index contributed by atoms with van der Waals surface area (Å²) in [4.78, 5) is 12.4. The van der Waals surface area contributed by atoms with E-state index in [0.717, 1.165) is 18.6 Å². The van der Waals surface area contributed by atoms with Gasteiger partial charge in [0.25, 0.3) is 5.91 Å². The highest BCUT2D eigenvalue weighted by Gasteiger charge is 2.15. The lowest BCUT2D eigenvalue weighted by atomic mass is 10.0. The molecule has 0 saturated carbocycles. The standard InChI is InChI=1S/C21H25NO2/c1-3-13-24-20-11-9-17(10-12-20)21(23)22-15(2)18-8-7-16-5-4-6-19(16)14-18/h7-12,14-15H,3-6,13H2,1-2H3,(H,22,23)/t15-/m1/s1. The molecule has 3 nitrogen and oxygen atoms in total. The Labute approximate surface area is 144 Å². The Morgan fingerprint density at radius 3 is 2.62 bits per heavy atom. The summed E-state index contributed by atoms with van der Waals surface area (Å²) < 4.78 is 5.55. The van der Waals surface area contributed by atoms with E-state index in [1.807, 2.05) is 31.2 Å². The second-order valence-electron chi connectivity index (χ2n) is 6.45. The van der Waals surface area contributed by atoms with Crippen molar-refractivity contribution >= 4 is 5.91 Å². The van der Waals surface area contributed by atoms with Crippen molar-refractivity contribution in [1.29, 1.82) is 0 Å². The van der Waals surface area contributed by atoms with Crippen LogP contribution in [0.5, 0.6) is 5.75 Å². The molecule has 0 radical (unpaired) electrons. The molecular weight excluding hydrogens is 298 g/mol. The molecule has 3 heteroatoms. The largest absolute Gasteiger partial charge is 0.494 e. The zero-order valence-corrected chi connectivity index (χ0v) is 14.5. The van der Waals surface area contributed by atoms with Gasteiger partial charge < -0.3 is 10.1 Å². The van der Waals surface area contributed by atoms with E-state index in [-0.39, 0.29) is 11.9 Å². The van der Waals surface area contributed by atoms with Gasteiger partial charge in [0.2, 0.25) is 0 Å². The Morgan fingerprint density at radius 2 is 1.88 bits per heavy atom. The Kier molecular flexibility index (Phi) is 5.19. The van der Waals surface area contributed by atoms with Crippen molar-refractivity contribution in [1.82, 2.24) is 5.32 Å². The van der Waals surface area contributed by atoms with Gasteiger partial charge in [0.15, 0.2) is 0 Å². The number of amides is 1. The highest BCUT2D eigenvalue weighted by atomic mass is 16.5. The van der Waals surface area contributed by atoms with Crippen LogP contribution in [0.4, 0.5) is 0 Å². The zero-order chi connectivity index (χ0) is 16.9. The number of nitrogens with one attached hydrogen (secondary N) is 1. The molecule has 0 aliphatic heterocycles. The molecule has 0 bridgehead atoms. The van der Waals surface area contributed by atoms with Gasteiger partial charge in [0.05, 0.1) is 12.6 Å². The van der Waals surface area contributed by atoms with E-state index < -0.39 is 0 Å². The number of rotatable bonds is 6. The summed E-state index contributed by atoms with van der Waals surface area (Å²) in [5.41, 5.74) is 4.73.